The first kappa shape index (κ1) is 46.2. The van der Waals surface area contributed by atoms with E-state index < -0.39 is 36.4 Å². The molecule has 2 N–H and O–H groups in total. The number of carbonyl (C=O) groups is 3. The monoisotopic (exact) mass is 528 g/mol. The Morgan fingerprint density at radius 1 is 0.571 bits per heavy atom. The molecule has 0 atom stereocenters. The summed E-state index contributed by atoms with van der Waals surface area (Å²) in [5.74, 6) is -5.98. The Balaban J connectivity index is -0.000000167. The molecule has 0 amide bonds. The SMILES string of the molecule is CCCCCCCCCCCCCCCCCCO.O=C([O-])CC(O)(CC(=O)[O-])C(=O)[O-].[Na+].[Na+].[Na+]. The Bertz CT molecular complexity index is 461. The van der Waals surface area contributed by atoms with Crippen molar-refractivity contribution in [2.24, 2.45) is 0 Å². The Hall–Kier alpha value is 1.33. The van der Waals surface area contributed by atoms with E-state index in [4.69, 9.17) is 10.2 Å². The van der Waals surface area contributed by atoms with Crippen molar-refractivity contribution < 1.29 is 129 Å². The number of rotatable bonds is 21. The number of aliphatic hydroxyl groups is 2. The van der Waals surface area contributed by atoms with E-state index in [1.165, 1.54) is 96.3 Å². The number of hydrogen-bond acceptors (Lipinski definition) is 8. The van der Waals surface area contributed by atoms with Gasteiger partial charge in [-0.15, -0.1) is 0 Å². The largest absolute Gasteiger partial charge is 1.00 e. The van der Waals surface area contributed by atoms with Crippen LogP contribution in [0.1, 0.15) is 122 Å². The molecule has 0 aromatic rings. The van der Waals surface area contributed by atoms with Crippen LogP contribution in [0.15, 0.2) is 0 Å². The van der Waals surface area contributed by atoms with Crippen molar-refractivity contribution in [3.8, 4) is 0 Å². The number of carboxylic acids is 3. The van der Waals surface area contributed by atoms with Gasteiger partial charge in [0.2, 0.25) is 0 Å². The minimum atomic E-state index is -2.97. The number of carbonyl (C=O) groups excluding carboxylic acids is 3. The molecule has 0 unspecified atom stereocenters. The van der Waals surface area contributed by atoms with Crippen molar-refractivity contribution in [2.45, 2.75) is 128 Å². The van der Waals surface area contributed by atoms with Crippen molar-refractivity contribution in [3.63, 3.8) is 0 Å². The zero-order chi connectivity index (χ0) is 24.7. The molecule has 0 saturated carbocycles. The maximum atomic E-state index is 10.1. The zero-order valence-corrected chi connectivity index (χ0v) is 28.8. The average molecular weight is 529 g/mol. The molecule has 190 valence electrons. The number of hydrogen-bond donors (Lipinski definition) is 2. The molecule has 0 saturated heterocycles. The molecular formula is C24H43Na3O8. The maximum absolute atomic E-state index is 10.1. The molecule has 0 aromatic heterocycles. The minimum Gasteiger partial charge on any atom is -0.550 e. The van der Waals surface area contributed by atoms with Crippen molar-refractivity contribution in [1.29, 1.82) is 0 Å². The molecule has 0 spiro atoms. The summed E-state index contributed by atoms with van der Waals surface area (Å²) in [4.78, 5) is 30.0. The zero-order valence-electron chi connectivity index (χ0n) is 22.8. The average Bonchev–Trinajstić information content (AvgIpc) is 2.70. The van der Waals surface area contributed by atoms with Crippen LogP contribution in [0, 0.1) is 0 Å². The van der Waals surface area contributed by atoms with Crippen LogP contribution in [0.5, 0.6) is 0 Å². The van der Waals surface area contributed by atoms with Gasteiger partial charge < -0.3 is 39.9 Å². The summed E-state index contributed by atoms with van der Waals surface area (Å²) in [7, 11) is 0. The second kappa shape index (κ2) is 33.4. The number of unbranched alkanes of at least 4 members (excludes halogenated alkanes) is 15. The van der Waals surface area contributed by atoms with Crippen LogP contribution in [-0.4, -0.2) is 40.3 Å². The van der Waals surface area contributed by atoms with Gasteiger partial charge in [-0.05, 0) is 6.42 Å². The van der Waals surface area contributed by atoms with Crippen LogP contribution in [0.4, 0.5) is 0 Å². The van der Waals surface area contributed by atoms with E-state index in [2.05, 4.69) is 6.92 Å². The number of carboxylic acid groups (broad SMARTS) is 3. The van der Waals surface area contributed by atoms with Crippen LogP contribution in [0.2, 0.25) is 0 Å². The summed E-state index contributed by atoms with van der Waals surface area (Å²) in [6.45, 7) is 2.66. The molecular weight excluding hydrogens is 485 g/mol. The normalized spacial score (nSPS) is 10.0. The number of aliphatic hydroxyl groups excluding tert-OH is 1. The molecule has 0 aliphatic carbocycles. The van der Waals surface area contributed by atoms with E-state index in [1.54, 1.807) is 0 Å². The third-order valence-corrected chi connectivity index (χ3v) is 5.27. The predicted molar refractivity (Wildman–Crippen MR) is 116 cm³/mol. The maximum Gasteiger partial charge on any atom is 1.00 e. The van der Waals surface area contributed by atoms with Gasteiger partial charge in [0.25, 0.3) is 0 Å². The molecule has 0 aromatic carbocycles. The Morgan fingerprint density at radius 2 is 0.829 bits per heavy atom. The fourth-order valence-electron chi connectivity index (χ4n) is 3.34. The topological polar surface area (TPSA) is 161 Å². The summed E-state index contributed by atoms with van der Waals surface area (Å²) >= 11 is 0. The smallest absolute Gasteiger partial charge is 0.550 e. The molecule has 0 heterocycles. The number of aliphatic carboxylic acids is 3. The first-order valence-corrected chi connectivity index (χ1v) is 12.1. The van der Waals surface area contributed by atoms with E-state index in [0.29, 0.717) is 6.61 Å². The van der Waals surface area contributed by atoms with Gasteiger partial charge in [0.15, 0.2) is 0 Å². The molecule has 0 aliphatic rings. The second-order valence-electron chi connectivity index (χ2n) is 8.44. The van der Waals surface area contributed by atoms with Gasteiger partial charge in [-0.1, -0.05) is 103 Å². The summed E-state index contributed by atoms with van der Waals surface area (Å²) < 4.78 is 0. The minimum absolute atomic E-state index is 0. The first-order valence-electron chi connectivity index (χ1n) is 12.1. The van der Waals surface area contributed by atoms with Crippen LogP contribution in [-0.2, 0) is 14.4 Å². The van der Waals surface area contributed by atoms with Crippen LogP contribution >= 0.6 is 0 Å². The quantitative estimate of drug-likeness (QED) is 0.110. The van der Waals surface area contributed by atoms with Gasteiger partial charge in [0.05, 0.1) is 5.97 Å². The third kappa shape index (κ3) is 35.3. The van der Waals surface area contributed by atoms with Crippen molar-refractivity contribution in [3.05, 3.63) is 0 Å². The molecule has 0 radical (unpaired) electrons. The first-order chi connectivity index (χ1) is 15.2. The van der Waals surface area contributed by atoms with Crippen molar-refractivity contribution in [2.75, 3.05) is 6.61 Å². The Morgan fingerprint density at radius 3 is 1.03 bits per heavy atom. The summed E-state index contributed by atoms with van der Waals surface area (Å²) in [5.41, 5.74) is -2.97. The molecule has 0 fully saturated rings. The Labute approximate surface area is 278 Å². The van der Waals surface area contributed by atoms with E-state index in [0.717, 1.165) is 6.42 Å². The summed E-state index contributed by atoms with van der Waals surface area (Å²) in [5, 5.41) is 47.6. The molecule has 8 nitrogen and oxygen atoms in total. The van der Waals surface area contributed by atoms with Crippen molar-refractivity contribution in [1.82, 2.24) is 0 Å². The summed E-state index contributed by atoms with van der Waals surface area (Å²) in [6, 6.07) is 0. The van der Waals surface area contributed by atoms with Crippen LogP contribution in [0.3, 0.4) is 0 Å². The second-order valence-corrected chi connectivity index (χ2v) is 8.44. The van der Waals surface area contributed by atoms with Gasteiger partial charge >= 0.3 is 88.7 Å². The fourth-order valence-corrected chi connectivity index (χ4v) is 3.34. The van der Waals surface area contributed by atoms with Gasteiger partial charge in [0.1, 0.15) is 5.60 Å². The Kier molecular flexibility index (Phi) is 44.0. The van der Waals surface area contributed by atoms with E-state index in [1.807, 2.05) is 0 Å². The van der Waals surface area contributed by atoms with Crippen LogP contribution in [0.25, 0.3) is 0 Å². The van der Waals surface area contributed by atoms with Crippen molar-refractivity contribution >= 4 is 17.9 Å². The van der Waals surface area contributed by atoms with E-state index >= 15 is 0 Å². The standard InChI is InChI=1S/C18H38O.C6H8O7.3Na/c1-2-3-4-5-6-7-8-9-10-11-12-13-14-15-16-17-18-19;7-3(8)1-6(13,5(11)12)2-4(9)10;;;/h19H,2-18H2,1H3;13H,1-2H2,(H,7,8)(H,9,10)(H,11,12);;;/q;;3*+1/p-3. The molecule has 0 bridgehead atoms. The molecule has 0 rings (SSSR count). The predicted octanol–water partition coefficient (Wildman–Crippen LogP) is -8.00. The van der Waals surface area contributed by atoms with Gasteiger partial charge in [0, 0.05) is 31.4 Å². The molecule has 35 heavy (non-hydrogen) atoms. The molecule has 11 heteroatoms. The van der Waals surface area contributed by atoms with Gasteiger partial charge in [-0.25, -0.2) is 0 Å². The third-order valence-electron chi connectivity index (χ3n) is 5.27. The molecule has 0 aliphatic heterocycles. The fraction of sp³-hybridized carbons (Fsp3) is 0.875. The van der Waals surface area contributed by atoms with E-state index in [-0.39, 0.29) is 88.7 Å². The van der Waals surface area contributed by atoms with Gasteiger partial charge in [-0.2, -0.15) is 0 Å². The van der Waals surface area contributed by atoms with Crippen LogP contribution < -0.4 is 104 Å². The van der Waals surface area contributed by atoms with Gasteiger partial charge in [-0.3, -0.25) is 0 Å². The van der Waals surface area contributed by atoms with E-state index in [9.17, 15) is 29.7 Å². The summed E-state index contributed by atoms with van der Waals surface area (Å²) in [6.07, 6.45) is 19.5.